The van der Waals surface area contributed by atoms with Crippen LogP contribution in [0.1, 0.15) is 13.3 Å². The quantitative estimate of drug-likeness (QED) is 0.793. The van der Waals surface area contributed by atoms with Gasteiger partial charge >= 0.3 is 6.03 Å². The molecule has 0 bridgehead atoms. The van der Waals surface area contributed by atoms with E-state index in [0.29, 0.717) is 32.2 Å². The highest BCUT2D eigenvalue weighted by molar-refractivity contribution is 5.90. The van der Waals surface area contributed by atoms with Gasteiger partial charge in [0.15, 0.2) is 0 Å². The predicted octanol–water partition coefficient (Wildman–Crippen LogP) is 2.67. The van der Waals surface area contributed by atoms with Crippen molar-refractivity contribution >= 4 is 23.4 Å². The SMILES string of the molecule is CC1=CC=CC(NC(=O)Nc2cc(N3CCOCC3)cc(N3CCOCC3)n2)=CC1. The molecule has 2 amide bonds. The molecule has 3 aliphatic rings. The summed E-state index contributed by atoms with van der Waals surface area (Å²) >= 11 is 0. The number of pyridine rings is 1. The number of rotatable bonds is 4. The molecule has 0 aromatic carbocycles. The Hall–Kier alpha value is -2.84. The van der Waals surface area contributed by atoms with Crippen LogP contribution >= 0.6 is 0 Å². The van der Waals surface area contributed by atoms with Crippen LogP contribution < -0.4 is 20.4 Å². The lowest BCUT2D eigenvalue weighted by molar-refractivity contribution is 0.122. The van der Waals surface area contributed by atoms with Gasteiger partial charge in [-0.3, -0.25) is 5.32 Å². The number of hydrogen-bond donors (Lipinski definition) is 2. The lowest BCUT2D eigenvalue weighted by Crippen LogP contribution is -2.38. The number of morpholine rings is 2. The van der Waals surface area contributed by atoms with E-state index >= 15 is 0 Å². The number of nitrogens with one attached hydrogen (secondary N) is 2. The molecule has 0 saturated carbocycles. The molecule has 0 unspecified atom stereocenters. The highest BCUT2D eigenvalue weighted by atomic mass is 16.5. The number of hydrogen-bond acceptors (Lipinski definition) is 6. The van der Waals surface area contributed by atoms with E-state index in [0.717, 1.165) is 49.8 Å². The van der Waals surface area contributed by atoms with Gasteiger partial charge in [-0.2, -0.15) is 0 Å². The van der Waals surface area contributed by atoms with Gasteiger partial charge in [-0.1, -0.05) is 23.8 Å². The Morgan fingerprint density at radius 2 is 1.70 bits per heavy atom. The van der Waals surface area contributed by atoms with E-state index in [1.165, 1.54) is 5.57 Å². The van der Waals surface area contributed by atoms with Gasteiger partial charge in [-0.05, 0) is 19.4 Å². The topological polar surface area (TPSA) is 79.0 Å². The van der Waals surface area contributed by atoms with Gasteiger partial charge in [0.2, 0.25) is 0 Å². The monoisotopic (exact) mass is 411 g/mol. The molecule has 1 aromatic rings. The Morgan fingerprint density at radius 3 is 2.43 bits per heavy atom. The van der Waals surface area contributed by atoms with Gasteiger partial charge in [0, 0.05) is 49.7 Å². The molecule has 1 aliphatic carbocycles. The first-order valence-corrected chi connectivity index (χ1v) is 10.5. The summed E-state index contributed by atoms with van der Waals surface area (Å²) in [6.45, 7) is 8.05. The Bertz CT molecular complexity index is 816. The summed E-state index contributed by atoms with van der Waals surface area (Å²) in [5.74, 6) is 1.39. The summed E-state index contributed by atoms with van der Waals surface area (Å²) in [7, 11) is 0. The zero-order valence-corrected chi connectivity index (χ0v) is 17.4. The summed E-state index contributed by atoms with van der Waals surface area (Å²) in [5.41, 5.74) is 3.07. The van der Waals surface area contributed by atoms with Gasteiger partial charge in [0.1, 0.15) is 11.6 Å². The average molecular weight is 412 g/mol. The fourth-order valence-electron chi connectivity index (χ4n) is 3.62. The van der Waals surface area contributed by atoms with Gasteiger partial charge < -0.3 is 24.6 Å². The first-order valence-electron chi connectivity index (χ1n) is 10.5. The van der Waals surface area contributed by atoms with Gasteiger partial charge in [-0.15, -0.1) is 0 Å². The number of amides is 2. The minimum absolute atomic E-state index is 0.301. The van der Waals surface area contributed by atoms with Crippen molar-refractivity contribution in [1.29, 1.82) is 0 Å². The molecule has 3 heterocycles. The van der Waals surface area contributed by atoms with Crippen molar-refractivity contribution in [3.05, 3.63) is 47.7 Å². The predicted molar refractivity (Wildman–Crippen MR) is 118 cm³/mol. The molecule has 8 heteroatoms. The molecule has 0 spiro atoms. The van der Waals surface area contributed by atoms with E-state index in [2.05, 4.69) is 33.4 Å². The fourth-order valence-corrected chi connectivity index (χ4v) is 3.62. The van der Waals surface area contributed by atoms with Crippen LogP contribution in [0.5, 0.6) is 0 Å². The molecule has 1 aromatic heterocycles. The van der Waals surface area contributed by atoms with Crippen LogP contribution in [0.2, 0.25) is 0 Å². The zero-order valence-electron chi connectivity index (χ0n) is 17.4. The molecule has 2 fully saturated rings. The number of allylic oxidation sites excluding steroid dienone is 5. The first kappa shape index (κ1) is 20.4. The Kier molecular flexibility index (Phi) is 6.66. The van der Waals surface area contributed by atoms with Crippen molar-refractivity contribution in [1.82, 2.24) is 10.3 Å². The largest absolute Gasteiger partial charge is 0.378 e. The number of nitrogens with zero attached hydrogens (tertiary/aromatic N) is 3. The third-order valence-electron chi connectivity index (χ3n) is 5.31. The van der Waals surface area contributed by atoms with Crippen molar-refractivity contribution in [2.75, 3.05) is 67.7 Å². The maximum Gasteiger partial charge on any atom is 0.324 e. The van der Waals surface area contributed by atoms with Crippen LogP contribution in [0.4, 0.5) is 22.1 Å². The van der Waals surface area contributed by atoms with Gasteiger partial charge in [-0.25, -0.2) is 9.78 Å². The second kappa shape index (κ2) is 9.77. The van der Waals surface area contributed by atoms with Crippen molar-refractivity contribution in [3.63, 3.8) is 0 Å². The molecule has 4 rings (SSSR count). The lowest BCUT2D eigenvalue weighted by Gasteiger charge is -2.32. The normalized spacial score (nSPS) is 19.6. The van der Waals surface area contributed by atoms with Crippen LogP contribution in [0.3, 0.4) is 0 Å². The minimum atomic E-state index is -0.301. The number of carbonyl (C=O) groups excluding carboxylic acids is 1. The van der Waals surface area contributed by atoms with E-state index in [1.54, 1.807) is 0 Å². The smallest absolute Gasteiger partial charge is 0.324 e. The van der Waals surface area contributed by atoms with Crippen LogP contribution in [-0.4, -0.2) is 63.6 Å². The van der Waals surface area contributed by atoms with Gasteiger partial charge in [0.05, 0.1) is 26.4 Å². The zero-order chi connectivity index (χ0) is 20.8. The van der Waals surface area contributed by atoms with Crippen LogP contribution in [0, 0.1) is 0 Å². The Balaban J connectivity index is 1.51. The molecule has 30 heavy (non-hydrogen) atoms. The number of ether oxygens (including phenoxy) is 2. The third kappa shape index (κ3) is 5.40. The summed E-state index contributed by atoms with van der Waals surface area (Å²) < 4.78 is 11.0. The third-order valence-corrected chi connectivity index (χ3v) is 5.31. The molecule has 2 aliphatic heterocycles. The molecular formula is C22H29N5O3. The van der Waals surface area contributed by atoms with E-state index in [-0.39, 0.29) is 6.03 Å². The molecule has 2 N–H and O–H groups in total. The summed E-state index contributed by atoms with van der Waals surface area (Å²) in [6.07, 6.45) is 8.71. The Labute approximate surface area is 177 Å². The van der Waals surface area contributed by atoms with E-state index in [9.17, 15) is 4.79 Å². The van der Waals surface area contributed by atoms with Crippen molar-refractivity contribution in [2.24, 2.45) is 0 Å². The fraction of sp³-hybridized carbons (Fsp3) is 0.455. The molecule has 2 saturated heterocycles. The number of carbonyl (C=O) groups is 1. The summed E-state index contributed by atoms with van der Waals surface area (Å²) in [5, 5.41) is 5.82. The van der Waals surface area contributed by atoms with E-state index < -0.39 is 0 Å². The van der Waals surface area contributed by atoms with Crippen LogP contribution in [-0.2, 0) is 9.47 Å². The molecule has 160 valence electrons. The maximum absolute atomic E-state index is 12.6. The average Bonchev–Trinajstić information content (AvgIpc) is 2.98. The highest BCUT2D eigenvalue weighted by Gasteiger charge is 2.19. The molecular weight excluding hydrogens is 382 g/mol. The minimum Gasteiger partial charge on any atom is -0.378 e. The molecule has 8 nitrogen and oxygen atoms in total. The van der Waals surface area contributed by atoms with Gasteiger partial charge in [0.25, 0.3) is 0 Å². The standard InChI is InChI=1S/C22H29N5O3/c1-17-3-2-4-18(6-5-17)23-22(28)25-20-15-19(26-7-11-29-12-8-26)16-21(24-20)27-9-13-30-14-10-27/h2-4,6,15-16H,5,7-14H2,1H3,(H2,23,24,25,28). The van der Waals surface area contributed by atoms with Crippen molar-refractivity contribution < 1.29 is 14.3 Å². The second-order valence-electron chi connectivity index (χ2n) is 7.58. The number of anilines is 3. The second-order valence-corrected chi connectivity index (χ2v) is 7.58. The van der Waals surface area contributed by atoms with E-state index in [1.807, 2.05) is 30.4 Å². The summed E-state index contributed by atoms with van der Waals surface area (Å²) in [6, 6.07) is 3.72. The lowest BCUT2D eigenvalue weighted by atomic mass is 10.2. The number of urea groups is 1. The summed E-state index contributed by atoms with van der Waals surface area (Å²) in [4.78, 5) is 21.8. The van der Waals surface area contributed by atoms with Crippen molar-refractivity contribution in [2.45, 2.75) is 13.3 Å². The highest BCUT2D eigenvalue weighted by Crippen LogP contribution is 2.26. The van der Waals surface area contributed by atoms with Crippen LogP contribution in [0.25, 0.3) is 0 Å². The molecule has 0 atom stereocenters. The maximum atomic E-state index is 12.6. The van der Waals surface area contributed by atoms with Crippen LogP contribution in [0.15, 0.2) is 47.7 Å². The van der Waals surface area contributed by atoms with Crippen molar-refractivity contribution in [3.8, 4) is 0 Å². The molecule has 0 radical (unpaired) electrons. The van der Waals surface area contributed by atoms with E-state index in [4.69, 9.17) is 14.5 Å². The Morgan fingerprint density at radius 1 is 1.00 bits per heavy atom. The first-order chi connectivity index (χ1) is 14.7. The number of aromatic nitrogens is 1.